The third kappa shape index (κ3) is 8.60. The van der Waals surface area contributed by atoms with Gasteiger partial charge in [-0.1, -0.05) is 0 Å². The lowest BCUT2D eigenvalue weighted by molar-refractivity contribution is -0.240. The Morgan fingerprint density at radius 3 is 2.38 bits per heavy atom. The van der Waals surface area contributed by atoms with Gasteiger partial charge in [0.05, 0.1) is 12.2 Å². The molecule has 1 aliphatic rings. The molecule has 1 fully saturated rings. The van der Waals surface area contributed by atoms with Crippen molar-refractivity contribution >= 4 is 16.1 Å². The van der Waals surface area contributed by atoms with Crippen LogP contribution in [0.1, 0.15) is 12.8 Å². The molecule has 1 unspecified atom stereocenters. The number of likely N-dealkylation sites (tertiary alicyclic amines) is 1. The fourth-order valence-electron chi connectivity index (χ4n) is 1.43. The van der Waals surface area contributed by atoms with Gasteiger partial charge in [-0.2, -0.15) is 13.7 Å². The van der Waals surface area contributed by atoms with Gasteiger partial charge in [0.1, 0.15) is 0 Å². The van der Waals surface area contributed by atoms with Crippen LogP contribution < -0.4 is 0 Å². The highest BCUT2D eigenvalue weighted by Crippen LogP contribution is 2.15. The molecule has 1 saturated heterocycles. The largest absolute Gasteiger partial charge is 0.346 e. The van der Waals surface area contributed by atoms with Crippen LogP contribution in [0.15, 0.2) is 0 Å². The van der Waals surface area contributed by atoms with Crippen LogP contribution in [0, 0.1) is 5.92 Å². The molecule has 0 radical (unpaired) electrons. The molecule has 0 aliphatic carbocycles. The number of hydrogen-bond donors (Lipinski definition) is 2. The van der Waals surface area contributed by atoms with E-state index < -0.39 is 16.1 Å². The van der Waals surface area contributed by atoms with E-state index in [2.05, 4.69) is 9.79 Å². The Kier molecular flexibility index (Phi) is 6.49. The molecule has 0 spiro atoms. The second-order valence-electron chi connectivity index (χ2n) is 3.74. The molecule has 2 N–H and O–H groups in total. The molecule has 96 valence electrons. The molecule has 1 atom stereocenters. The van der Waals surface area contributed by atoms with Crippen LogP contribution in [0.5, 0.6) is 0 Å². The lowest BCUT2D eigenvalue weighted by Crippen LogP contribution is -2.36. The Morgan fingerprint density at radius 1 is 1.50 bits per heavy atom. The van der Waals surface area contributed by atoms with Gasteiger partial charge in [-0.05, 0) is 26.4 Å². The van der Waals surface area contributed by atoms with E-state index >= 15 is 0 Å². The van der Waals surface area contributed by atoms with Crippen molar-refractivity contribution in [2.75, 3.05) is 26.4 Å². The maximum absolute atomic E-state index is 10.8. The van der Waals surface area contributed by atoms with Crippen molar-refractivity contribution in [3.63, 3.8) is 0 Å². The van der Waals surface area contributed by atoms with Crippen molar-refractivity contribution < 1.29 is 27.9 Å². The molecular weight excluding hydrogens is 238 g/mol. The third-order valence-corrected chi connectivity index (χ3v) is 2.05. The number of piperidine rings is 1. The molecule has 1 rings (SSSR count). The van der Waals surface area contributed by atoms with Gasteiger partial charge < -0.3 is 9.79 Å². The van der Waals surface area contributed by atoms with E-state index in [4.69, 9.17) is 9.81 Å². The van der Waals surface area contributed by atoms with Crippen LogP contribution in [-0.4, -0.2) is 55.5 Å². The Hall–Kier alpha value is -0.700. The van der Waals surface area contributed by atoms with Gasteiger partial charge in [0, 0.05) is 6.54 Å². The first-order valence-corrected chi connectivity index (χ1v) is 6.55. The van der Waals surface area contributed by atoms with Crippen LogP contribution in [0.2, 0.25) is 0 Å². The fourth-order valence-corrected chi connectivity index (χ4v) is 1.43. The smallest absolute Gasteiger partial charge is 0.306 e. The van der Waals surface area contributed by atoms with E-state index in [1.807, 2.05) is 7.05 Å². The summed E-state index contributed by atoms with van der Waals surface area (Å²) < 4.78 is 25.9. The minimum atomic E-state index is -3.67. The van der Waals surface area contributed by atoms with Gasteiger partial charge in [-0.3, -0.25) is 4.55 Å². The average molecular weight is 255 g/mol. The van der Waals surface area contributed by atoms with Gasteiger partial charge >= 0.3 is 5.97 Å². The van der Waals surface area contributed by atoms with Gasteiger partial charge in [0.15, 0.2) is 0 Å². The van der Waals surface area contributed by atoms with E-state index in [9.17, 15) is 13.2 Å². The maximum atomic E-state index is 10.8. The summed E-state index contributed by atoms with van der Waals surface area (Å²) in [6, 6.07) is 0. The van der Waals surface area contributed by atoms with Crippen molar-refractivity contribution in [2.45, 2.75) is 12.8 Å². The number of carbonyl (C=O) groups is 1. The molecule has 16 heavy (non-hydrogen) atoms. The topological polar surface area (TPSA) is 104 Å². The first-order chi connectivity index (χ1) is 7.24. The number of nitrogens with zero attached hydrogens (tertiary/aromatic N) is 1. The molecule has 0 aromatic carbocycles. The summed E-state index contributed by atoms with van der Waals surface area (Å²) in [6.45, 7) is 1.72. The zero-order valence-corrected chi connectivity index (χ0v) is 10.1. The summed E-state index contributed by atoms with van der Waals surface area (Å²) in [4.78, 5) is 16.5. The summed E-state index contributed by atoms with van der Waals surface area (Å²) in [5.74, 6) is -0.643. The van der Waals surface area contributed by atoms with Gasteiger partial charge in [-0.25, -0.2) is 4.79 Å². The summed E-state index contributed by atoms with van der Waals surface area (Å²) in [7, 11) is -1.71. The SMILES string of the molecule is CN1CCCC(C(=O)OO)C1.CS(=O)(=O)O. The summed E-state index contributed by atoms with van der Waals surface area (Å²) in [5, 5.41) is 8.11. The minimum Gasteiger partial charge on any atom is -0.306 e. The molecule has 7 nitrogen and oxygen atoms in total. The van der Waals surface area contributed by atoms with Crippen molar-refractivity contribution in [3.8, 4) is 0 Å². The predicted octanol–water partition coefficient (Wildman–Crippen LogP) is -0.152. The Bertz CT molecular complexity index is 306. The van der Waals surface area contributed by atoms with Gasteiger partial charge in [0.25, 0.3) is 10.1 Å². The normalized spacial score (nSPS) is 21.9. The van der Waals surface area contributed by atoms with E-state index in [0.717, 1.165) is 19.4 Å². The average Bonchev–Trinajstić information content (AvgIpc) is 2.14. The molecular formula is C8H17NO6S. The van der Waals surface area contributed by atoms with Gasteiger partial charge in [-0.15, -0.1) is 0 Å². The molecule has 0 bridgehead atoms. The molecule has 0 saturated carbocycles. The number of rotatable bonds is 1. The van der Waals surface area contributed by atoms with Crippen LogP contribution in [0.25, 0.3) is 0 Å². The van der Waals surface area contributed by atoms with Crippen molar-refractivity contribution in [1.29, 1.82) is 0 Å². The quantitative estimate of drug-likeness (QED) is 0.381. The number of hydrogen-bond acceptors (Lipinski definition) is 6. The van der Waals surface area contributed by atoms with E-state index in [1.165, 1.54) is 0 Å². The van der Waals surface area contributed by atoms with Crippen molar-refractivity contribution in [1.82, 2.24) is 4.90 Å². The van der Waals surface area contributed by atoms with E-state index in [1.54, 1.807) is 0 Å². The highest BCUT2D eigenvalue weighted by molar-refractivity contribution is 7.85. The number of carbonyl (C=O) groups excluding carboxylic acids is 1. The second-order valence-corrected chi connectivity index (χ2v) is 5.21. The molecule has 1 heterocycles. The molecule has 8 heteroatoms. The predicted molar refractivity (Wildman–Crippen MR) is 56.4 cm³/mol. The zero-order valence-electron chi connectivity index (χ0n) is 9.29. The monoisotopic (exact) mass is 255 g/mol. The lowest BCUT2D eigenvalue weighted by atomic mass is 9.99. The lowest BCUT2D eigenvalue weighted by Gasteiger charge is -2.26. The molecule has 1 aliphatic heterocycles. The van der Waals surface area contributed by atoms with Gasteiger partial charge in [0.2, 0.25) is 0 Å². The first kappa shape index (κ1) is 15.3. The summed E-state index contributed by atoms with van der Waals surface area (Å²) in [5.41, 5.74) is 0. The first-order valence-electron chi connectivity index (χ1n) is 4.70. The van der Waals surface area contributed by atoms with Crippen molar-refractivity contribution in [2.24, 2.45) is 5.92 Å². The van der Waals surface area contributed by atoms with E-state index in [-0.39, 0.29) is 5.92 Å². The Labute approximate surface area is 94.7 Å². The Morgan fingerprint density at radius 2 is 2.00 bits per heavy atom. The fraction of sp³-hybridized carbons (Fsp3) is 0.875. The second kappa shape index (κ2) is 6.79. The molecule has 0 amide bonds. The molecule has 0 aromatic heterocycles. The minimum absolute atomic E-state index is 0.140. The summed E-state index contributed by atoms with van der Waals surface area (Å²) in [6.07, 6.45) is 2.53. The third-order valence-electron chi connectivity index (χ3n) is 2.05. The van der Waals surface area contributed by atoms with E-state index in [0.29, 0.717) is 12.8 Å². The summed E-state index contributed by atoms with van der Waals surface area (Å²) >= 11 is 0. The zero-order chi connectivity index (χ0) is 12.8. The Balaban J connectivity index is 0.000000385. The van der Waals surface area contributed by atoms with Crippen LogP contribution in [0.4, 0.5) is 0 Å². The van der Waals surface area contributed by atoms with Crippen molar-refractivity contribution in [3.05, 3.63) is 0 Å². The molecule has 0 aromatic rings. The highest BCUT2D eigenvalue weighted by atomic mass is 32.2. The van der Waals surface area contributed by atoms with Crippen LogP contribution in [-0.2, 0) is 19.8 Å². The highest BCUT2D eigenvalue weighted by Gasteiger charge is 2.25. The standard InChI is InChI=1S/C7H13NO3.CH4O3S/c1-8-4-2-3-6(5-8)7(9)11-10;1-5(2,3)4/h6,10H,2-5H2,1H3;1H3,(H,2,3,4). The van der Waals surface area contributed by atoms with Crippen LogP contribution in [0.3, 0.4) is 0 Å². The maximum Gasteiger partial charge on any atom is 0.346 e. The van der Waals surface area contributed by atoms with Crippen LogP contribution >= 0.6 is 0 Å².